The van der Waals surface area contributed by atoms with Gasteiger partial charge in [-0.05, 0) is 116 Å². The zero-order valence-corrected chi connectivity index (χ0v) is 32.5. The Morgan fingerprint density at radius 1 is 0.439 bits per heavy atom. The molecular weight excluding hydrogens is 689 g/mol. The van der Waals surface area contributed by atoms with Gasteiger partial charge in [-0.15, -0.1) is 0 Å². The number of benzene rings is 8. The fourth-order valence-electron chi connectivity index (χ4n) is 8.56. The second kappa shape index (κ2) is 14.3. The van der Waals surface area contributed by atoms with Crippen molar-refractivity contribution >= 4 is 37.9 Å². The number of aryl methyl sites for hydroxylation is 1. The molecule has 1 heterocycles. The summed E-state index contributed by atoms with van der Waals surface area (Å²) in [7, 11) is 0. The minimum atomic E-state index is 0.499. The van der Waals surface area contributed by atoms with Gasteiger partial charge in [0.1, 0.15) is 0 Å². The van der Waals surface area contributed by atoms with Gasteiger partial charge < -0.3 is 0 Å². The summed E-state index contributed by atoms with van der Waals surface area (Å²) < 4.78 is 0. The number of allylic oxidation sites excluding steroid dienone is 4. The van der Waals surface area contributed by atoms with Crippen LogP contribution in [-0.2, 0) is 0 Å². The molecule has 1 aromatic heterocycles. The molecular formula is C55H42N2. The lowest BCUT2D eigenvalue weighted by atomic mass is 9.91. The first kappa shape index (κ1) is 34.6. The zero-order chi connectivity index (χ0) is 38.5. The standard InChI is InChI=1S/C55H42N2/c1-35-20-23-41(24-21-35)55-56-53(37(3)54(57-55)51-33-43(25-22-36(51)2)40-28-26-39(27-29-40)38-12-5-4-6-13-38)45-15-11-14-42(32-45)44-30-31-50-48-18-8-7-16-46(48)47-17-9-10-19-49(47)52(50)34-44/h4-20,22-35H,21H2,1-3H3. The van der Waals surface area contributed by atoms with Crippen LogP contribution >= 0.6 is 0 Å². The SMILES string of the molecule is Cc1ccc(-c2ccc(-c3ccccc3)cc2)cc1-c1nc(C2=CCC(C)C=C2)nc(-c2cccc(-c3ccc4c5ccccc5c5ccccc5c4c3)c2)c1C. The van der Waals surface area contributed by atoms with E-state index < -0.39 is 0 Å². The third kappa shape index (κ3) is 6.34. The molecule has 1 atom stereocenters. The largest absolute Gasteiger partial charge is 0.228 e. The van der Waals surface area contributed by atoms with Crippen molar-refractivity contribution < 1.29 is 0 Å². The molecule has 1 aliphatic rings. The lowest BCUT2D eigenvalue weighted by Gasteiger charge is -2.18. The van der Waals surface area contributed by atoms with Crippen LogP contribution in [0.3, 0.4) is 0 Å². The average molecular weight is 731 g/mol. The second-order valence-corrected chi connectivity index (χ2v) is 15.5. The predicted octanol–water partition coefficient (Wildman–Crippen LogP) is 14.9. The van der Waals surface area contributed by atoms with Gasteiger partial charge in [0.2, 0.25) is 0 Å². The molecule has 8 aromatic carbocycles. The lowest BCUT2D eigenvalue weighted by molar-refractivity contribution is 0.738. The first-order chi connectivity index (χ1) is 28.0. The van der Waals surface area contributed by atoms with E-state index in [0.717, 1.165) is 51.5 Å². The van der Waals surface area contributed by atoms with Gasteiger partial charge in [0.05, 0.1) is 11.4 Å². The summed E-state index contributed by atoms with van der Waals surface area (Å²) in [6, 6.07) is 59.6. The van der Waals surface area contributed by atoms with Gasteiger partial charge >= 0.3 is 0 Å². The highest BCUT2D eigenvalue weighted by Gasteiger charge is 2.20. The minimum Gasteiger partial charge on any atom is -0.228 e. The number of fused-ring (bicyclic) bond motifs is 6. The maximum atomic E-state index is 5.36. The molecule has 0 amide bonds. The maximum Gasteiger partial charge on any atom is 0.160 e. The van der Waals surface area contributed by atoms with Gasteiger partial charge in [-0.2, -0.15) is 0 Å². The maximum absolute atomic E-state index is 5.36. The van der Waals surface area contributed by atoms with Crippen LogP contribution in [-0.4, -0.2) is 9.97 Å². The van der Waals surface area contributed by atoms with E-state index in [9.17, 15) is 0 Å². The summed E-state index contributed by atoms with van der Waals surface area (Å²) in [5.74, 6) is 1.26. The molecule has 272 valence electrons. The average Bonchev–Trinajstić information content (AvgIpc) is 3.27. The van der Waals surface area contributed by atoms with Crippen molar-refractivity contribution in [1.29, 1.82) is 0 Å². The van der Waals surface area contributed by atoms with E-state index >= 15 is 0 Å². The third-order valence-corrected chi connectivity index (χ3v) is 11.7. The monoisotopic (exact) mass is 730 g/mol. The van der Waals surface area contributed by atoms with E-state index in [-0.39, 0.29) is 0 Å². The van der Waals surface area contributed by atoms with Crippen LogP contribution in [0, 0.1) is 19.8 Å². The Morgan fingerprint density at radius 2 is 0.947 bits per heavy atom. The highest BCUT2D eigenvalue weighted by atomic mass is 14.9. The zero-order valence-electron chi connectivity index (χ0n) is 32.5. The predicted molar refractivity (Wildman–Crippen MR) is 242 cm³/mol. The van der Waals surface area contributed by atoms with Crippen molar-refractivity contribution in [3.63, 3.8) is 0 Å². The summed E-state index contributed by atoms with van der Waals surface area (Å²) >= 11 is 0. The van der Waals surface area contributed by atoms with E-state index in [2.05, 4.69) is 203 Å². The van der Waals surface area contributed by atoms with Gasteiger partial charge in [-0.3, -0.25) is 0 Å². The van der Waals surface area contributed by atoms with E-state index in [0.29, 0.717) is 5.92 Å². The van der Waals surface area contributed by atoms with Crippen LogP contribution in [0.1, 0.15) is 30.3 Å². The van der Waals surface area contributed by atoms with Crippen molar-refractivity contribution in [2.24, 2.45) is 5.92 Å². The molecule has 0 saturated heterocycles. The smallest absolute Gasteiger partial charge is 0.160 e. The Morgan fingerprint density at radius 3 is 1.63 bits per heavy atom. The lowest BCUT2D eigenvalue weighted by Crippen LogP contribution is -2.05. The molecule has 2 heteroatoms. The first-order valence-electron chi connectivity index (χ1n) is 20.0. The molecule has 0 spiro atoms. The van der Waals surface area contributed by atoms with E-state index in [4.69, 9.17) is 9.97 Å². The summed E-state index contributed by atoms with van der Waals surface area (Å²) in [6.45, 7) is 6.62. The van der Waals surface area contributed by atoms with Crippen LogP contribution in [0.2, 0.25) is 0 Å². The summed E-state index contributed by atoms with van der Waals surface area (Å²) in [6.07, 6.45) is 7.74. The topological polar surface area (TPSA) is 25.8 Å². The molecule has 0 N–H and O–H groups in total. The minimum absolute atomic E-state index is 0.499. The van der Waals surface area contributed by atoms with Crippen molar-refractivity contribution in [3.8, 4) is 55.9 Å². The summed E-state index contributed by atoms with van der Waals surface area (Å²) in [5, 5.41) is 7.68. The van der Waals surface area contributed by atoms with Crippen LogP contribution in [0.25, 0.3) is 93.8 Å². The Labute approximate surface area is 334 Å². The Kier molecular flexibility index (Phi) is 8.68. The molecule has 1 aliphatic carbocycles. The van der Waals surface area contributed by atoms with Gasteiger partial charge in [0.15, 0.2) is 5.82 Å². The second-order valence-electron chi connectivity index (χ2n) is 15.5. The number of rotatable bonds is 6. The molecule has 0 aliphatic heterocycles. The van der Waals surface area contributed by atoms with Crippen molar-refractivity contribution in [2.75, 3.05) is 0 Å². The number of hydrogen-bond acceptors (Lipinski definition) is 2. The first-order valence-corrected chi connectivity index (χ1v) is 20.0. The van der Waals surface area contributed by atoms with Crippen molar-refractivity contribution in [3.05, 3.63) is 199 Å². The van der Waals surface area contributed by atoms with Crippen LogP contribution < -0.4 is 0 Å². The van der Waals surface area contributed by atoms with Gasteiger partial charge in [-0.25, -0.2) is 9.97 Å². The fourth-order valence-corrected chi connectivity index (χ4v) is 8.56. The molecule has 0 bridgehead atoms. The molecule has 10 rings (SSSR count). The van der Waals surface area contributed by atoms with Crippen LogP contribution in [0.4, 0.5) is 0 Å². The molecule has 0 radical (unpaired) electrons. The Bertz CT molecular complexity index is 3020. The molecule has 2 nitrogen and oxygen atoms in total. The quantitative estimate of drug-likeness (QED) is 0.159. The molecule has 9 aromatic rings. The molecule has 57 heavy (non-hydrogen) atoms. The number of aromatic nitrogens is 2. The Balaban J connectivity index is 1.10. The van der Waals surface area contributed by atoms with Crippen LogP contribution in [0.5, 0.6) is 0 Å². The highest BCUT2D eigenvalue weighted by molar-refractivity contribution is 6.25. The normalized spacial score (nSPS) is 14.0. The highest BCUT2D eigenvalue weighted by Crippen LogP contribution is 2.40. The van der Waals surface area contributed by atoms with E-state index in [1.165, 1.54) is 65.7 Å². The van der Waals surface area contributed by atoms with Gasteiger partial charge in [0, 0.05) is 22.3 Å². The molecule has 1 unspecified atom stereocenters. The number of nitrogens with zero attached hydrogens (tertiary/aromatic N) is 2. The van der Waals surface area contributed by atoms with Crippen LogP contribution in [0.15, 0.2) is 182 Å². The van der Waals surface area contributed by atoms with E-state index in [1.807, 2.05) is 0 Å². The summed E-state index contributed by atoms with van der Waals surface area (Å²) in [5.41, 5.74) is 14.6. The van der Waals surface area contributed by atoms with Crippen molar-refractivity contribution in [2.45, 2.75) is 27.2 Å². The summed E-state index contributed by atoms with van der Waals surface area (Å²) in [4.78, 5) is 10.7. The third-order valence-electron chi connectivity index (χ3n) is 11.7. The van der Waals surface area contributed by atoms with Gasteiger partial charge in [-0.1, -0.05) is 171 Å². The fraction of sp³-hybridized carbons (Fsp3) is 0.0909. The Hall–Kier alpha value is -6.90. The van der Waals surface area contributed by atoms with Crippen molar-refractivity contribution in [1.82, 2.24) is 9.97 Å². The van der Waals surface area contributed by atoms with E-state index in [1.54, 1.807) is 0 Å². The van der Waals surface area contributed by atoms with Gasteiger partial charge in [0.25, 0.3) is 0 Å². The molecule has 0 saturated carbocycles. The number of hydrogen-bond donors (Lipinski definition) is 0. The molecule has 0 fully saturated rings.